The van der Waals surface area contributed by atoms with E-state index in [1.807, 2.05) is 0 Å². The Hall–Kier alpha value is -1.04. The number of anilines is 1. The van der Waals surface area contributed by atoms with Gasteiger partial charge in [0.15, 0.2) is 0 Å². The first-order chi connectivity index (χ1) is 8.45. The molecule has 0 aliphatic heterocycles. The Labute approximate surface area is 108 Å². The summed E-state index contributed by atoms with van der Waals surface area (Å²) in [5.41, 5.74) is 0. The fraction of sp³-hybridized carbons (Fsp3) is 0.636. The Balaban J connectivity index is 1.96. The lowest BCUT2D eigenvalue weighted by atomic mass is 9.83. The molecule has 100 valence electrons. The Morgan fingerprint density at radius 1 is 1.33 bits per heavy atom. The van der Waals surface area contributed by atoms with Crippen LogP contribution in [0.15, 0.2) is 6.07 Å². The lowest BCUT2D eigenvalue weighted by Gasteiger charge is -2.25. The molecule has 1 heterocycles. The maximum absolute atomic E-state index is 12.5. The van der Waals surface area contributed by atoms with Crippen LogP contribution in [0, 0.1) is 5.92 Å². The van der Waals surface area contributed by atoms with Gasteiger partial charge in [0.25, 0.3) is 0 Å². The summed E-state index contributed by atoms with van der Waals surface area (Å²) < 4.78 is 37.4. The van der Waals surface area contributed by atoms with E-state index in [9.17, 15) is 13.2 Å². The number of rotatable bonds is 4. The first kappa shape index (κ1) is 13.4. The predicted octanol–water partition coefficient (Wildman–Crippen LogP) is 3.75. The predicted molar refractivity (Wildman–Crippen MR) is 62.5 cm³/mol. The van der Waals surface area contributed by atoms with Crippen LogP contribution in [0.5, 0.6) is 0 Å². The molecule has 0 spiro atoms. The van der Waals surface area contributed by atoms with Gasteiger partial charge < -0.3 is 5.32 Å². The molecule has 2 rings (SSSR count). The fourth-order valence-corrected chi connectivity index (χ4v) is 2.00. The van der Waals surface area contributed by atoms with Crippen LogP contribution in [0.2, 0.25) is 5.15 Å². The molecule has 1 aliphatic carbocycles. The van der Waals surface area contributed by atoms with Gasteiger partial charge in [-0.3, -0.25) is 0 Å². The zero-order valence-corrected chi connectivity index (χ0v) is 10.4. The lowest BCUT2D eigenvalue weighted by Crippen LogP contribution is -2.17. The number of hydrogen-bond donors (Lipinski definition) is 1. The Morgan fingerprint density at radius 3 is 2.61 bits per heavy atom. The van der Waals surface area contributed by atoms with Crippen LogP contribution in [0.4, 0.5) is 19.0 Å². The summed E-state index contributed by atoms with van der Waals surface area (Å²) in [6.45, 7) is 0.606. The van der Waals surface area contributed by atoms with E-state index in [-0.39, 0.29) is 11.0 Å². The van der Waals surface area contributed by atoms with Crippen LogP contribution >= 0.6 is 11.6 Å². The lowest BCUT2D eigenvalue weighted by molar-refractivity contribution is -0.144. The Bertz CT molecular complexity index is 418. The van der Waals surface area contributed by atoms with Crippen molar-refractivity contribution in [1.29, 1.82) is 0 Å². The van der Waals surface area contributed by atoms with Crippen LogP contribution in [-0.4, -0.2) is 16.5 Å². The number of hydrogen-bond acceptors (Lipinski definition) is 3. The largest absolute Gasteiger partial charge is 0.451 e. The van der Waals surface area contributed by atoms with E-state index in [0.717, 1.165) is 6.42 Å². The number of nitrogens with zero attached hydrogens (tertiary/aromatic N) is 2. The quantitative estimate of drug-likeness (QED) is 0.853. The summed E-state index contributed by atoms with van der Waals surface area (Å²) >= 11 is 5.54. The van der Waals surface area contributed by atoms with Crippen LogP contribution < -0.4 is 5.32 Å². The van der Waals surface area contributed by atoms with Gasteiger partial charge in [-0.2, -0.15) is 13.2 Å². The third kappa shape index (κ3) is 3.48. The second-order valence-corrected chi connectivity index (χ2v) is 4.80. The number of aromatic nitrogens is 2. The molecule has 0 amide bonds. The normalized spacial score (nSPS) is 16.4. The van der Waals surface area contributed by atoms with Crippen molar-refractivity contribution in [2.45, 2.75) is 31.9 Å². The second-order valence-electron chi connectivity index (χ2n) is 4.41. The molecule has 7 heteroatoms. The van der Waals surface area contributed by atoms with Crippen molar-refractivity contribution in [2.24, 2.45) is 5.92 Å². The van der Waals surface area contributed by atoms with Crippen molar-refractivity contribution in [3.8, 4) is 0 Å². The van der Waals surface area contributed by atoms with E-state index in [2.05, 4.69) is 15.3 Å². The highest BCUT2D eigenvalue weighted by molar-refractivity contribution is 6.29. The smallest absolute Gasteiger partial charge is 0.370 e. The number of halogens is 4. The van der Waals surface area contributed by atoms with Crippen LogP contribution in [0.1, 0.15) is 31.5 Å². The van der Waals surface area contributed by atoms with Crippen molar-refractivity contribution >= 4 is 17.4 Å². The van der Waals surface area contributed by atoms with Crippen LogP contribution in [-0.2, 0) is 6.18 Å². The minimum absolute atomic E-state index is 0.127. The van der Waals surface area contributed by atoms with Crippen molar-refractivity contribution in [3.63, 3.8) is 0 Å². The van der Waals surface area contributed by atoms with Crippen molar-refractivity contribution in [1.82, 2.24) is 9.97 Å². The second kappa shape index (κ2) is 5.30. The molecule has 1 N–H and O–H groups in total. The summed E-state index contributed by atoms with van der Waals surface area (Å²) in [5.74, 6) is -0.389. The SMILES string of the molecule is FC(F)(F)c1nc(Cl)cc(NCCC2CCC2)n1. The summed E-state index contributed by atoms with van der Waals surface area (Å²) in [6.07, 6.45) is 0.0422. The third-order valence-corrected chi connectivity index (χ3v) is 3.23. The highest BCUT2D eigenvalue weighted by Gasteiger charge is 2.35. The van der Waals surface area contributed by atoms with E-state index in [1.165, 1.54) is 25.3 Å². The standard InChI is InChI=1S/C11H13ClF3N3/c12-8-6-9(16-5-4-7-2-1-3-7)18-10(17-8)11(13,14)15/h6-7H,1-5H2,(H,16,17,18). The average Bonchev–Trinajstić information content (AvgIpc) is 2.20. The topological polar surface area (TPSA) is 37.8 Å². The van der Waals surface area contributed by atoms with Gasteiger partial charge >= 0.3 is 6.18 Å². The first-order valence-electron chi connectivity index (χ1n) is 5.81. The molecule has 0 atom stereocenters. The molecule has 0 aromatic carbocycles. The molecule has 0 radical (unpaired) electrons. The van der Waals surface area contributed by atoms with E-state index in [1.54, 1.807) is 0 Å². The van der Waals surface area contributed by atoms with E-state index >= 15 is 0 Å². The molecule has 1 saturated carbocycles. The van der Waals surface area contributed by atoms with E-state index < -0.39 is 12.0 Å². The third-order valence-electron chi connectivity index (χ3n) is 3.03. The van der Waals surface area contributed by atoms with Crippen LogP contribution in [0.3, 0.4) is 0 Å². The molecule has 1 aromatic rings. The number of alkyl halides is 3. The summed E-state index contributed by atoms with van der Waals surface area (Å²) in [4.78, 5) is 6.58. The molecule has 0 bridgehead atoms. The van der Waals surface area contributed by atoms with Crippen molar-refractivity contribution in [3.05, 3.63) is 17.0 Å². The molecule has 3 nitrogen and oxygen atoms in total. The Kier molecular flexibility index (Phi) is 3.94. The van der Waals surface area contributed by atoms with Crippen molar-refractivity contribution < 1.29 is 13.2 Å². The molecule has 1 aliphatic rings. The maximum atomic E-state index is 12.5. The molecule has 0 saturated heterocycles. The van der Waals surface area contributed by atoms with Gasteiger partial charge in [-0.1, -0.05) is 30.9 Å². The number of nitrogens with one attached hydrogen (secondary N) is 1. The van der Waals surface area contributed by atoms with Gasteiger partial charge in [0.05, 0.1) is 0 Å². The highest BCUT2D eigenvalue weighted by atomic mass is 35.5. The summed E-state index contributed by atoms with van der Waals surface area (Å²) in [5, 5.41) is 2.66. The zero-order chi connectivity index (χ0) is 13.2. The average molecular weight is 280 g/mol. The fourth-order valence-electron chi connectivity index (χ4n) is 1.82. The molecular weight excluding hydrogens is 267 g/mol. The van der Waals surface area contributed by atoms with Crippen molar-refractivity contribution in [2.75, 3.05) is 11.9 Å². The van der Waals surface area contributed by atoms with Gasteiger partial charge in [-0.15, -0.1) is 0 Å². The molecular formula is C11H13ClF3N3. The Morgan fingerprint density at radius 2 is 2.06 bits per heavy atom. The van der Waals surface area contributed by atoms with Gasteiger partial charge in [0.2, 0.25) is 5.82 Å². The van der Waals surface area contributed by atoms with Gasteiger partial charge in [0, 0.05) is 12.6 Å². The first-order valence-corrected chi connectivity index (χ1v) is 6.18. The minimum Gasteiger partial charge on any atom is -0.370 e. The van der Waals surface area contributed by atoms with Gasteiger partial charge in [0.1, 0.15) is 11.0 Å². The minimum atomic E-state index is -4.57. The molecule has 1 aromatic heterocycles. The van der Waals surface area contributed by atoms with E-state index in [0.29, 0.717) is 12.5 Å². The molecule has 1 fully saturated rings. The van der Waals surface area contributed by atoms with Gasteiger partial charge in [-0.05, 0) is 12.3 Å². The molecule has 18 heavy (non-hydrogen) atoms. The maximum Gasteiger partial charge on any atom is 0.451 e. The summed E-state index contributed by atoms with van der Waals surface area (Å²) in [6, 6.07) is 1.30. The molecule has 0 unspecified atom stereocenters. The summed E-state index contributed by atoms with van der Waals surface area (Å²) in [7, 11) is 0. The van der Waals surface area contributed by atoms with Gasteiger partial charge in [-0.25, -0.2) is 9.97 Å². The zero-order valence-electron chi connectivity index (χ0n) is 9.60. The van der Waals surface area contributed by atoms with E-state index in [4.69, 9.17) is 11.6 Å². The van der Waals surface area contributed by atoms with Crippen LogP contribution in [0.25, 0.3) is 0 Å². The highest BCUT2D eigenvalue weighted by Crippen LogP contribution is 2.30. The monoisotopic (exact) mass is 279 g/mol.